The molecule has 0 aromatic carbocycles. The maximum atomic E-state index is 12.9. The first-order valence-corrected chi connectivity index (χ1v) is 11.6. The van der Waals surface area contributed by atoms with Gasteiger partial charge < -0.3 is 43.6 Å². The fourth-order valence-electron chi connectivity index (χ4n) is 2.86. The van der Waals surface area contributed by atoms with E-state index in [0.717, 1.165) is 0 Å². The number of amides is 6. The van der Waals surface area contributed by atoms with E-state index in [9.17, 15) is 33.9 Å². The van der Waals surface area contributed by atoms with Crippen LogP contribution in [0.25, 0.3) is 0 Å². The second-order valence-electron chi connectivity index (χ2n) is 8.50. The lowest BCUT2D eigenvalue weighted by Crippen LogP contribution is -2.58. The van der Waals surface area contributed by atoms with Crippen LogP contribution in [0.5, 0.6) is 0 Å². The van der Waals surface area contributed by atoms with Crippen LogP contribution < -0.4 is 38.5 Å². The minimum Gasteiger partial charge on any atom is -0.394 e. The van der Waals surface area contributed by atoms with Gasteiger partial charge in [-0.15, -0.1) is 0 Å². The fraction of sp³-hybridized carbons (Fsp3) is 0.700. The number of carbonyl (C=O) groups is 6. The van der Waals surface area contributed by atoms with Gasteiger partial charge in [0.2, 0.25) is 35.4 Å². The van der Waals surface area contributed by atoms with Crippen molar-refractivity contribution in [3.8, 4) is 0 Å². The van der Waals surface area contributed by atoms with Crippen LogP contribution in [0.3, 0.4) is 0 Å². The minimum absolute atomic E-state index is 0.0636. The maximum Gasteiger partial charge on any atom is 0.243 e. The SMILES string of the molecule is CC(C)C[C@H](NC(=O)[C@H](C)NC(=O)[C@@H](N)CS)C(=O)N[C@@H](CC(N)=O)C(=O)N[C@H](CO)CC(N)=O. The van der Waals surface area contributed by atoms with Gasteiger partial charge in [-0.05, 0) is 19.3 Å². The lowest BCUT2D eigenvalue weighted by atomic mass is 10.0. The number of aliphatic hydroxyl groups is 1. The number of hydrogen-bond acceptors (Lipinski definition) is 9. The van der Waals surface area contributed by atoms with Gasteiger partial charge in [0.1, 0.15) is 18.1 Å². The molecule has 0 radical (unpaired) electrons. The smallest absolute Gasteiger partial charge is 0.243 e. The van der Waals surface area contributed by atoms with Crippen molar-refractivity contribution < 1.29 is 33.9 Å². The molecule has 0 aliphatic carbocycles. The van der Waals surface area contributed by atoms with E-state index >= 15 is 0 Å². The summed E-state index contributed by atoms with van der Waals surface area (Å²) in [6, 6.07) is -5.55. The third-order valence-electron chi connectivity index (χ3n) is 4.68. The van der Waals surface area contributed by atoms with Gasteiger partial charge in [0.05, 0.1) is 25.1 Å². The zero-order valence-corrected chi connectivity index (χ0v) is 21.0. The number of hydrogen-bond donors (Lipinski definition) is 9. The largest absolute Gasteiger partial charge is 0.394 e. The van der Waals surface area contributed by atoms with E-state index < -0.39 is 78.7 Å². The van der Waals surface area contributed by atoms with Gasteiger partial charge in [-0.25, -0.2) is 0 Å². The Morgan fingerprint density at radius 2 is 1.29 bits per heavy atom. The van der Waals surface area contributed by atoms with Gasteiger partial charge in [0.15, 0.2) is 0 Å². The standard InChI is InChI=1S/C20H37N7O7S/c1-9(2)4-13(26-17(31)10(3)24-18(32)12(21)8-35)20(34)27-14(6-16(23)30)19(33)25-11(7-28)5-15(22)29/h9-14,28,35H,4-8,21H2,1-3H3,(H2,22,29)(H2,23,30)(H,24,32)(H,25,33)(H,26,31)(H,27,34)/t10-,11-,12-,13-,14-/m0/s1. The Labute approximate surface area is 209 Å². The first-order chi connectivity index (χ1) is 16.2. The average Bonchev–Trinajstić information content (AvgIpc) is 2.75. The van der Waals surface area contributed by atoms with Crippen LogP contribution in [0.1, 0.15) is 40.0 Å². The van der Waals surface area contributed by atoms with E-state index in [1.807, 2.05) is 0 Å². The van der Waals surface area contributed by atoms with E-state index in [2.05, 4.69) is 33.9 Å². The first-order valence-electron chi connectivity index (χ1n) is 11.0. The van der Waals surface area contributed by atoms with Gasteiger partial charge >= 0.3 is 0 Å². The highest BCUT2D eigenvalue weighted by Crippen LogP contribution is 2.07. The van der Waals surface area contributed by atoms with Gasteiger partial charge in [-0.2, -0.15) is 12.6 Å². The van der Waals surface area contributed by atoms with E-state index in [4.69, 9.17) is 17.2 Å². The molecule has 0 bridgehead atoms. The molecule has 15 heteroatoms. The molecule has 0 aromatic heterocycles. The summed E-state index contributed by atoms with van der Waals surface area (Å²) in [6.07, 6.45) is -0.783. The molecule has 0 unspecified atom stereocenters. The molecule has 0 rings (SSSR count). The Hall–Kier alpha value is -2.91. The first kappa shape index (κ1) is 32.1. The highest BCUT2D eigenvalue weighted by atomic mass is 32.1. The molecule has 200 valence electrons. The van der Waals surface area contributed by atoms with Gasteiger partial charge in [-0.3, -0.25) is 28.8 Å². The van der Waals surface area contributed by atoms with Crippen LogP contribution in [0.2, 0.25) is 0 Å². The molecule has 0 saturated carbocycles. The number of thiol groups is 1. The average molecular weight is 520 g/mol. The number of rotatable bonds is 16. The molecular weight excluding hydrogens is 482 g/mol. The van der Waals surface area contributed by atoms with Gasteiger partial charge in [0.25, 0.3) is 0 Å². The van der Waals surface area contributed by atoms with Crippen LogP contribution >= 0.6 is 12.6 Å². The summed E-state index contributed by atoms with van der Waals surface area (Å²) >= 11 is 3.92. The normalized spacial score (nSPS) is 15.2. The lowest BCUT2D eigenvalue weighted by molar-refractivity contribution is -0.135. The van der Waals surface area contributed by atoms with Crippen LogP contribution in [0.4, 0.5) is 0 Å². The van der Waals surface area contributed by atoms with Crippen molar-refractivity contribution in [2.75, 3.05) is 12.4 Å². The fourth-order valence-corrected chi connectivity index (χ4v) is 3.02. The molecule has 6 amide bonds. The van der Waals surface area contributed by atoms with Gasteiger partial charge in [0, 0.05) is 12.2 Å². The van der Waals surface area contributed by atoms with Crippen molar-refractivity contribution in [3.05, 3.63) is 0 Å². The Bertz CT molecular complexity index is 781. The van der Waals surface area contributed by atoms with Crippen molar-refractivity contribution in [1.82, 2.24) is 21.3 Å². The van der Waals surface area contributed by atoms with Crippen molar-refractivity contribution >= 4 is 48.1 Å². The van der Waals surface area contributed by atoms with Crippen molar-refractivity contribution in [1.29, 1.82) is 0 Å². The molecule has 5 atom stereocenters. The molecule has 0 fully saturated rings. The molecular formula is C20H37N7O7S. The second-order valence-corrected chi connectivity index (χ2v) is 8.87. The second kappa shape index (κ2) is 15.9. The number of carbonyl (C=O) groups excluding carboxylic acids is 6. The van der Waals surface area contributed by atoms with Crippen molar-refractivity contribution in [2.24, 2.45) is 23.1 Å². The van der Waals surface area contributed by atoms with Crippen LogP contribution in [-0.2, 0) is 28.8 Å². The van der Waals surface area contributed by atoms with E-state index in [1.54, 1.807) is 13.8 Å². The van der Waals surface area contributed by atoms with E-state index in [0.29, 0.717) is 0 Å². The Balaban J connectivity index is 5.48. The Kier molecular flexibility index (Phi) is 14.6. The highest BCUT2D eigenvalue weighted by Gasteiger charge is 2.31. The summed E-state index contributed by atoms with van der Waals surface area (Å²) in [5.74, 6) is -4.62. The van der Waals surface area contributed by atoms with E-state index in [-0.39, 0.29) is 24.5 Å². The Morgan fingerprint density at radius 3 is 1.74 bits per heavy atom. The van der Waals surface area contributed by atoms with Crippen LogP contribution in [0, 0.1) is 5.92 Å². The number of nitrogens with one attached hydrogen (secondary N) is 4. The minimum atomic E-state index is -1.45. The summed E-state index contributed by atoms with van der Waals surface area (Å²) in [5.41, 5.74) is 15.8. The molecule has 0 heterocycles. The predicted molar refractivity (Wildman–Crippen MR) is 129 cm³/mol. The highest BCUT2D eigenvalue weighted by molar-refractivity contribution is 7.80. The van der Waals surface area contributed by atoms with Crippen LogP contribution in [-0.4, -0.2) is 83.1 Å². The number of nitrogens with two attached hydrogens (primary N) is 3. The summed E-state index contributed by atoms with van der Waals surface area (Å²) in [7, 11) is 0. The summed E-state index contributed by atoms with van der Waals surface area (Å²) < 4.78 is 0. The summed E-state index contributed by atoms with van der Waals surface area (Å²) in [5, 5.41) is 18.9. The topological polar surface area (TPSA) is 249 Å². The third-order valence-corrected chi connectivity index (χ3v) is 5.07. The predicted octanol–water partition coefficient (Wildman–Crippen LogP) is -4.01. The molecule has 14 nitrogen and oxygen atoms in total. The molecule has 0 aliphatic rings. The maximum absolute atomic E-state index is 12.9. The van der Waals surface area contributed by atoms with Crippen molar-refractivity contribution in [3.63, 3.8) is 0 Å². The lowest BCUT2D eigenvalue weighted by Gasteiger charge is -2.26. The molecule has 11 N–H and O–H groups in total. The van der Waals surface area contributed by atoms with Crippen LogP contribution in [0.15, 0.2) is 0 Å². The van der Waals surface area contributed by atoms with Crippen molar-refractivity contribution in [2.45, 2.75) is 70.2 Å². The number of aliphatic hydroxyl groups excluding tert-OH is 1. The molecule has 0 spiro atoms. The van der Waals surface area contributed by atoms with E-state index in [1.165, 1.54) is 6.92 Å². The molecule has 35 heavy (non-hydrogen) atoms. The Morgan fingerprint density at radius 1 is 0.771 bits per heavy atom. The zero-order chi connectivity index (χ0) is 27.3. The summed E-state index contributed by atoms with van der Waals surface area (Å²) in [6.45, 7) is 4.39. The van der Waals surface area contributed by atoms with Gasteiger partial charge in [-0.1, -0.05) is 13.8 Å². The summed E-state index contributed by atoms with van der Waals surface area (Å²) in [4.78, 5) is 72.6. The quantitative estimate of drug-likeness (QED) is 0.0906. The third kappa shape index (κ3) is 12.9. The molecule has 0 aromatic rings. The monoisotopic (exact) mass is 519 g/mol. The molecule has 0 saturated heterocycles. The zero-order valence-electron chi connectivity index (χ0n) is 20.1. The number of primary amides is 2. The molecule has 0 aliphatic heterocycles.